The highest BCUT2D eigenvalue weighted by Gasteiger charge is 2.36. The van der Waals surface area contributed by atoms with Gasteiger partial charge in [0, 0.05) is 18.4 Å². The zero-order valence-corrected chi connectivity index (χ0v) is 17.3. The van der Waals surface area contributed by atoms with Crippen molar-refractivity contribution < 1.29 is 35.9 Å². The maximum absolute atomic E-state index is 14.4. The van der Waals surface area contributed by atoms with Crippen LogP contribution in [0.15, 0.2) is 29.4 Å². The first kappa shape index (κ1) is 25.5. The molecule has 0 unspecified atom stereocenters. The molecule has 176 valence electrons. The van der Waals surface area contributed by atoms with E-state index in [-0.39, 0.29) is 23.2 Å². The number of benzene rings is 1. The number of amidine groups is 1. The molecule has 0 aliphatic rings. The molecule has 0 saturated heterocycles. The number of nitrogens with two attached hydrogens (primary N) is 1. The summed E-state index contributed by atoms with van der Waals surface area (Å²) in [4.78, 5) is 16.0. The lowest BCUT2D eigenvalue weighted by Gasteiger charge is -2.18. The van der Waals surface area contributed by atoms with Crippen LogP contribution in [-0.4, -0.2) is 47.5 Å². The fourth-order valence-corrected chi connectivity index (χ4v) is 2.74. The van der Waals surface area contributed by atoms with Crippen molar-refractivity contribution in [3.05, 3.63) is 46.5 Å². The molecule has 0 spiro atoms. The zero-order valence-electron chi connectivity index (χ0n) is 16.5. The number of nitrogens with one attached hydrogen (secondary N) is 1. The van der Waals surface area contributed by atoms with Crippen LogP contribution in [0.4, 0.5) is 32.0 Å². The van der Waals surface area contributed by atoms with Gasteiger partial charge in [0.05, 0.1) is 10.6 Å². The molecule has 0 bridgehead atoms. The van der Waals surface area contributed by atoms with E-state index < -0.39 is 48.2 Å². The van der Waals surface area contributed by atoms with E-state index in [0.717, 1.165) is 12.3 Å². The van der Waals surface area contributed by atoms with Crippen LogP contribution < -0.4 is 11.1 Å². The maximum atomic E-state index is 14.4. The minimum atomic E-state index is -4.60. The average molecular weight is 486 g/mol. The van der Waals surface area contributed by atoms with E-state index in [4.69, 9.17) is 22.1 Å². The Hall–Kier alpha value is -2.80. The van der Waals surface area contributed by atoms with Gasteiger partial charge in [0.25, 0.3) is 11.8 Å². The molecule has 1 amide bonds. The topological polar surface area (TPSA) is 94.5 Å². The highest BCUT2D eigenvalue weighted by atomic mass is 35.5. The largest absolute Gasteiger partial charge is 0.408 e. The third-order valence-corrected chi connectivity index (χ3v) is 4.06. The summed E-state index contributed by atoms with van der Waals surface area (Å²) in [5, 5.41) is 5.20. The van der Waals surface area contributed by atoms with Gasteiger partial charge in [-0.1, -0.05) is 11.6 Å². The van der Waals surface area contributed by atoms with Crippen LogP contribution in [0, 0.1) is 5.82 Å². The first-order valence-electron chi connectivity index (χ1n) is 8.98. The predicted molar refractivity (Wildman–Crippen MR) is 105 cm³/mol. The summed E-state index contributed by atoms with van der Waals surface area (Å²) in [6.45, 7) is -1.07. The molecule has 0 aliphatic carbocycles. The zero-order chi connectivity index (χ0) is 24.1. The number of ether oxygens (including phenoxy) is 1. The van der Waals surface area contributed by atoms with Crippen LogP contribution in [0.5, 0.6) is 0 Å². The fourth-order valence-electron chi connectivity index (χ4n) is 2.50. The number of hydrogen-bond acceptors (Lipinski definition) is 4. The third kappa shape index (κ3) is 7.12. The highest BCUT2D eigenvalue weighted by molar-refractivity contribution is 6.34. The second kappa shape index (κ2) is 10.2. The van der Waals surface area contributed by atoms with E-state index in [9.17, 15) is 31.1 Å². The smallest absolute Gasteiger partial charge is 0.386 e. The summed E-state index contributed by atoms with van der Waals surface area (Å²) in [5.41, 5.74) is 3.54. The molecule has 1 heterocycles. The number of alkyl halides is 5. The maximum Gasteiger partial charge on any atom is 0.408 e. The van der Waals surface area contributed by atoms with Gasteiger partial charge in [-0.15, -0.1) is 0 Å². The van der Waals surface area contributed by atoms with E-state index in [1.807, 2.05) is 0 Å². The standard InChI is InChI=1S/C18H18ClF6N5O2/c1-2-27-14(26)7-32-9-17(21,22)11-5-10(3-4-13(11)20)28-16(31)15-12(19)6-30(29-15)8-18(23,24)25/h3-6H,2,7-9H2,1H3,(H2,26,27)(H,28,31). The summed E-state index contributed by atoms with van der Waals surface area (Å²) in [6, 6.07) is 2.34. The van der Waals surface area contributed by atoms with E-state index in [1.54, 1.807) is 6.92 Å². The number of hydrogen-bond donors (Lipinski definition) is 2. The summed E-state index contributed by atoms with van der Waals surface area (Å²) in [5.74, 6) is -6.13. The lowest BCUT2D eigenvalue weighted by molar-refractivity contribution is -0.142. The summed E-state index contributed by atoms with van der Waals surface area (Å²) in [6.07, 6.45) is -3.81. The van der Waals surface area contributed by atoms with Crippen molar-refractivity contribution in [2.75, 3.05) is 25.1 Å². The van der Waals surface area contributed by atoms with Crippen molar-refractivity contribution in [3.63, 3.8) is 0 Å². The number of anilines is 1. The lowest BCUT2D eigenvalue weighted by atomic mass is 10.1. The molecular formula is C18H18ClF6N5O2. The Labute approximate surface area is 183 Å². The van der Waals surface area contributed by atoms with Crippen molar-refractivity contribution in [3.8, 4) is 0 Å². The van der Waals surface area contributed by atoms with E-state index in [2.05, 4.69) is 15.4 Å². The molecule has 0 fully saturated rings. The minimum Gasteiger partial charge on any atom is -0.386 e. The van der Waals surface area contributed by atoms with Crippen molar-refractivity contribution in [2.45, 2.75) is 25.6 Å². The molecule has 32 heavy (non-hydrogen) atoms. The Morgan fingerprint density at radius 2 is 2.00 bits per heavy atom. The van der Waals surface area contributed by atoms with E-state index in [1.165, 1.54) is 0 Å². The van der Waals surface area contributed by atoms with Crippen molar-refractivity contribution >= 4 is 29.0 Å². The van der Waals surface area contributed by atoms with Crippen LogP contribution in [0.25, 0.3) is 0 Å². The molecule has 7 nitrogen and oxygen atoms in total. The van der Waals surface area contributed by atoms with Gasteiger partial charge in [0.15, 0.2) is 5.69 Å². The van der Waals surface area contributed by atoms with Crippen LogP contribution in [0.3, 0.4) is 0 Å². The average Bonchev–Trinajstić information content (AvgIpc) is 3.01. The number of rotatable bonds is 9. The predicted octanol–water partition coefficient (Wildman–Crippen LogP) is 3.98. The number of nitrogens with zero attached hydrogens (tertiary/aromatic N) is 3. The van der Waals surface area contributed by atoms with Crippen LogP contribution in [-0.2, 0) is 17.2 Å². The van der Waals surface area contributed by atoms with E-state index in [0.29, 0.717) is 23.4 Å². The fraction of sp³-hybridized carbons (Fsp3) is 0.389. The number of aliphatic imine (C=N–C) groups is 1. The normalized spacial score (nSPS) is 12.8. The number of carbonyl (C=O) groups is 1. The number of amides is 1. The summed E-state index contributed by atoms with van der Waals surface area (Å²) in [7, 11) is 0. The lowest BCUT2D eigenvalue weighted by Crippen LogP contribution is -2.27. The van der Waals surface area contributed by atoms with Crippen LogP contribution in [0.2, 0.25) is 5.02 Å². The highest BCUT2D eigenvalue weighted by Crippen LogP contribution is 2.32. The molecule has 2 rings (SSSR count). The van der Waals surface area contributed by atoms with Gasteiger partial charge < -0.3 is 15.8 Å². The number of halogens is 7. The van der Waals surface area contributed by atoms with Gasteiger partial charge in [-0.05, 0) is 25.1 Å². The van der Waals surface area contributed by atoms with Crippen LogP contribution >= 0.6 is 11.6 Å². The van der Waals surface area contributed by atoms with Crippen molar-refractivity contribution in [1.82, 2.24) is 9.78 Å². The van der Waals surface area contributed by atoms with Gasteiger partial charge in [-0.3, -0.25) is 14.5 Å². The molecule has 3 N–H and O–H groups in total. The Bertz CT molecular complexity index is 993. The second-order valence-electron chi connectivity index (χ2n) is 6.45. The number of carbonyl (C=O) groups excluding carboxylic acids is 1. The van der Waals surface area contributed by atoms with Crippen LogP contribution in [0.1, 0.15) is 23.0 Å². The third-order valence-electron chi connectivity index (χ3n) is 3.79. The van der Waals surface area contributed by atoms with Gasteiger partial charge in [-0.25, -0.2) is 4.39 Å². The first-order chi connectivity index (χ1) is 14.8. The van der Waals surface area contributed by atoms with Gasteiger partial charge in [0.1, 0.15) is 31.4 Å². The SMILES string of the molecule is CCN=C(N)COCC(F)(F)c1cc(NC(=O)c2nn(CC(F)(F)F)cc2Cl)ccc1F. The monoisotopic (exact) mass is 485 g/mol. The summed E-state index contributed by atoms with van der Waals surface area (Å²) >= 11 is 5.74. The molecule has 0 radical (unpaired) electrons. The molecule has 1 aromatic heterocycles. The van der Waals surface area contributed by atoms with Crippen molar-refractivity contribution in [2.24, 2.45) is 10.7 Å². The Kier molecular flexibility index (Phi) is 8.13. The molecule has 0 atom stereocenters. The minimum absolute atomic E-state index is 0.00775. The quantitative estimate of drug-likeness (QED) is 0.319. The molecule has 0 aliphatic heterocycles. The summed E-state index contributed by atoms with van der Waals surface area (Å²) < 4.78 is 85.4. The molecule has 1 aromatic carbocycles. The van der Waals surface area contributed by atoms with Gasteiger partial charge in [0.2, 0.25) is 0 Å². The molecular weight excluding hydrogens is 468 g/mol. The Morgan fingerprint density at radius 1 is 1.31 bits per heavy atom. The Balaban J connectivity index is 2.15. The van der Waals surface area contributed by atoms with Crippen molar-refractivity contribution in [1.29, 1.82) is 0 Å². The number of aromatic nitrogens is 2. The Morgan fingerprint density at radius 3 is 2.62 bits per heavy atom. The molecule has 2 aromatic rings. The van der Waals surface area contributed by atoms with E-state index >= 15 is 0 Å². The second-order valence-corrected chi connectivity index (χ2v) is 6.86. The molecule has 14 heteroatoms. The molecule has 0 saturated carbocycles. The first-order valence-corrected chi connectivity index (χ1v) is 9.35. The van der Waals surface area contributed by atoms with Gasteiger partial charge >= 0.3 is 6.18 Å². The van der Waals surface area contributed by atoms with Gasteiger partial charge in [-0.2, -0.15) is 27.1 Å².